The van der Waals surface area contributed by atoms with Crippen LogP contribution in [-0.4, -0.2) is 23.1 Å². The summed E-state index contributed by atoms with van der Waals surface area (Å²) in [6, 6.07) is 12.6. The fourth-order valence-corrected chi connectivity index (χ4v) is 2.75. The Labute approximate surface area is 118 Å². The fourth-order valence-electron chi connectivity index (χ4n) is 2.75. The monoisotopic (exact) mass is 269 g/mol. The van der Waals surface area contributed by atoms with E-state index in [4.69, 9.17) is 5.84 Å². The maximum absolute atomic E-state index is 5.45. The van der Waals surface area contributed by atoms with Crippen molar-refractivity contribution < 1.29 is 0 Å². The largest absolute Gasteiger partial charge is 0.356 e. The molecule has 1 aliphatic heterocycles. The second-order valence-corrected chi connectivity index (χ2v) is 5.15. The number of nitrogen functional groups attached to an aromatic ring is 1. The van der Waals surface area contributed by atoms with Gasteiger partial charge in [0.1, 0.15) is 17.5 Å². The molecule has 1 fully saturated rings. The maximum atomic E-state index is 5.45. The Hall–Kier alpha value is -2.14. The summed E-state index contributed by atoms with van der Waals surface area (Å²) in [4.78, 5) is 11.0. The van der Waals surface area contributed by atoms with Gasteiger partial charge in [0.25, 0.3) is 0 Å². The summed E-state index contributed by atoms with van der Waals surface area (Å²) in [7, 11) is 0. The Morgan fingerprint density at radius 3 is 2.80 bits per heavy atom. The molecular weight excluding hydrogens is 250 g/mol. The molecule has 1 aromatic heterocycles. The SMILES string of the molecule is Cc1nc(NN)cc(N2CCC(c3ccccc3)C2)n1. The minimum atomic E-state index is 0.570. The zero-order valence-corrected chi connectivity index (χ0v) is 11.6. The molecule has 5 heteroatoms. The molecule has 104 valence electrons. The van der Waals surface area contributed by atoms with E-state index in [9.17, 15) is 0 Å². The summed E-state index contributed by atoms with van der Waals surface area (Å²) in [6.45, 7) is 3.89. The average molecular weight is 269 g/mol. The van der Waals surface area contributed by atoms with E-state index in [1.807, 2.05) is 13.0 Å². The summed E-state index contributed by atoms with van der Waals surface area (Å²) >= 11 is 0. The highest BCUT2D eigenvalue weighted by atomic mass is 15.3. The zero-order valence-electron chi connectivity index (χ0n) is 11.6. The second-order valence-electron chi connectivity index (χ2n) is 5.15. The quantitative estimate of drug-likeness (QED) is 0.659. The molecule has 3 N–H and O–H groups in total. The van der Waals surface area contributed by atoms with Gasteiger partial charge < -0.3 is 10.3 Å². The molecular formula is C15H19N5. The van der Waals surface area contributed by atoms with Crippen molar-refractivity contribution in [3.05, 3.63) is 47.8 Å². The molecule has 1 saturated heterocycles. The van der Waals surface area contributed by atoms with Crippen molar-refractivity contribution in [3.8, 4) is 0 Å². The molecule has 1 aromatic carbocycles. The van der Waals surface area contributed by atoms with Crippen LogP contribution in [0.5, 0.6) is 0 Å². The molecule has 0 bridgehead atoms. The van der Waals surface area contributed by atoms with Crippen LogP contribution in [-0.2, 0) is 0 Å². The van der Waals surface area contributed by atoms with Crippen LogP contribution in [0.3, 0.4) is 0 Å². The van der Waals surface area contributed by atoms with Crippen LogP contribution < -0.4 is 16.2 Å². The molecule has 1 aliphatic rings. The van der Waals surface area contributed by atoms with E-state index >= 15 is 0 Å². The summed E-state index contributed by atoms with van der Waals surface area (Å²) < 4.78 is 0. The highest BCUT2D eigenvalue weighted by Crippen LogP contribution is 2.30. The van der Waals surface area contributed by atoms with Gasteiger partial charge in [-0.15, -0.1) is 0 Å². The molecule has 20 heavy (non-hydrogen) atoms. The average Bonchev–Trinajstić information content (AvgIpc) is 2.97. The van der Waals surface area contributed by atoms with Crippen LogP contribution in [0.1, 0.15) is 23.7 Å². The summed E-state index contributed by atoms with van der Waals surface area (Å²) in [6.07, 6.45) is 1.15. The Morgan fingerprint density at radius 1 is 1.25 bits per heavy atom. The summed E-state index contributed by atoms with van der Waals surface area (Å²) in [5.41, 5.74) is 4.00. The van der Waals surface area contributed by atoms with Crippen LogP contribution in [0, 0.1) is 6.92 Å². The number of hydrazine groups is 1. The van der Waals surface area contributed by atoms with Crippen LogP contribution in [0.25, 0.3) is 0 Å². The third-order valence-electron chi connectivity index (χ3n) is 3.76. The number of hydrogen-bond donors (Lipinski definition) is 2. The highest BCUT2D eigenvalue weighted by Gasteiger charge is 2.25. The maximum Gasteiger partial charge on any atom is 0.145 e. The number of benzene rings is 1. The van der Waals surface area contributed by atoms with E-state index in [0.29, 0.717) is 11.7 Å². The van der Waals surface area contributed by atoms with Gasteiger partial charge in [0.05, 0.1) is 0 Å². The zero-order chi connectivity index (χ0) is 13.9. The van der Waals surface area contributed by atoms with Crippen molar-refractivity contribution in [2.24, 2.45) is 5.84 Å². The van der Waals surface area contributed by atoms with E-state index < -0.39 is 0 Å². The van der Waals surface area contributed by atoms with Gasteiger partial charge in [-0.25, -0.2) is 15.8 Å². The van der Waals surface area contributed by atoms with Gasteiger partial charge in [0, 0.05) is 25.1 Å². The third-order valence-corrected chi connectivity index (χ3v) is 3.76. The summed E-state index contributed by atoms with van der Waals surface area (Å²) in [5, 5.41) is 0. The fraction of sp³-hybridized carbons (Fsp3) is 0.333. The number of nitrogens with one attached hydrogen (secondary N) is 1. The number of anilines is 2. The van der Waals surface area contributed by atoms with Gasteiger partial charge in [-0.05, 0) is 18.9 Å². The number of nitrogens with zero attached hydrogens (tertiary/aromatic N) is 3. The van der Waals surface area contributed by atoms with E-state index in [2.05, 4.69) is 50.6 Å². The molecule has 2 aromatic rings. The minimum Gasteiger partial charge on any atom is -0.356 e. The molecule has 0 aliphatic carbocycles. The first-order valence-corrected chi connectivity index (χ1v) is 6.88. The predicted octanol–water partition coefficient (Wildman–Crippen LogP) is 2.06. The van der Waals surface area contributed by atoms with Gasteiger partial charge >= 0.3 is 0 Å². The lowest BCUT2D eigenvalue weighted by molar-refractivity contribution is 0.774. The lowest BCUT2D eigenvalue weighted by atomic mass is 9.99. The van der Waals surface area contributed by atoms with Crippen LogP contribution in [0.15, 0.2) is 36.4 Å². The Kier molecular flexibility index (Phi) is 3.52. The van der Waals surface area contributed by atoms with E-state index in [1.165, 1.54) is 5.56 Å². The van der Waals surface area contributed by atoms with Crippen molar-refractivity contribution in [3.63, 3.8) is 0 Å². The van der Waals surface area contributed by atoms with Gasteiger partial charge in [-0.1, -0.05) is 30.3 Å². The molecule has 0 saturated carbocycles. The summed E-state index contributed by atoms with van der Waals surface area (Å²) in [5.74, 6) is 8.36. The van der Waals surface area contributed by atoms with Crippen molar-refractivity contribution in [2.45, 2.75) is 19.3 Å². The van der Waals surface area contributed by atoms with Crippen molar-refractivity contribution in [1.29, 1.82) is 0 Å². The molecule has 0 spiro atoms. The Balaban J connectivity index is 1.79. The second kappa shape index (κ2) is 5.46. The van der Waals surface area contributed by atoms with Gasteiger partial charge in [-0.3, -0.25) is 0 Å². The first-order chi connectivity index (χ1) is 9.76. The number of hydrogen-bond acceptors (Lipinski definition) is 5. The lowest BCUT2D eigenvalue weighted by Gasteiger charge is -2.18. The third kappa shape index (κ3) is 2.58. The first-order valence-electron chi connectivity index (χ1n) is 6.88. The molecule has 2 heterocycles. The Bertz CT molecular complexity index is 584. The van der Waals surface area contributed by atoms with Crippen LogP contribution >= 0.6 is 0 Å². The molecule has 1 atom stereocenters. The highest BCUT2D eigenvalue weighted by molar-refractivity contribution is 5.50. The Morgan fingerprint density at radius 2 is 2.05 bits per heavy atom. The number of rotatable bonds is 3. The van der Waals surface area contributed by atoms with Gasteiger partial charge in [0.2, 0.25) is 0 Å². The number of aromatic nitrogens is 2. The molecule has 0 radical (unpaired) electrons. The normalized spacial score (nSPS) is 18.3. The van der Waals surface area contributed by atoms with Gasteiger partial charge in [-0.2, -0.15) is 0 Å². The molecule has 3 rings (SSSR count). The number of nitrogens with two attached hydrogens (primary N) is 1. The molecule has 5 nitrogen and oxygen atoms in total. The van der Waals surface area contributed by atoms with Crippen molar-refractivity contribution in [2.75, 3.05) is 23.4 Å². The molecule has 1 unspecified atom stereocenters. The topological polar surface area (TPSA) is 67.1 Å². The number of aryl methyl sites for hydroxylation is 1. The van der Waals surface area contributed by atoms with Crippen LogP contribution in [0.4, 0.5) is 11.6 Å². The first kappa shape index (κ1) is 12.9. The predicted molar refractivity (Wildman–Crippen MR) is 80.6 cm³/mol. The van der Waals surface area contributed by atoms with Gasteiger partial charge in [0.15, 0.2) is 0 Å². The van der Waals surface area contributed by atoms with Crippen molar-refractivity contribution >= 4 is 11.6 Å². The van der Waals surface area contributed by atoms with Crippen molar-refractivity contribution in [1.82, 2.24) is 9.97 Å². The standard InChI is InChI=1S/C15H19N5/c1-11-17-14(19-16)9-15(18-11)20-8-7-13(10-20)12-5-3-2-4-6-12/h2-6,9,13H,7-8,10,16H2,1H3,(H,17,18,19). The molecule has 0 amide bonds. The van der Waals surface area contributed by atoms with E-state index in [0.717, 1.165) is 31.2 Å². The smallest absolute Gasteiger partial charge is 0.145 e. The minimum absolute atomic E-state index is 0.570. The van der Waals surface area contributed by atoms with E-state index in [-0.39, 0.29) is 0 Å². The van der Waals surface area contributed by atoms with E-state index in [1.54, 1.807) is 0 Å². The van der Waals surface area contributed by atoms with Crippen LogP contribution in [0.2, 0.25) is 0 Å². The lowest BCUT2D eigenvalue weighted by Crippen LogP contribution is -2.22.